The van der Waals surface area contributed by atoms with E-state index in [1.807, 2.05) is 18.2 Å². The number of carbonyl (C=O) groups is 1. The molecule has 0 bridgehead atoms. The summed E-state index contributed by atoms with van der Waals surface area (Å²) in [7, 11) is 0. The minimum absolute atomic E-state index is 0.388. The molecule has 0 aliphatic rings. The van der Waals surface area contributed by atoms with Crippen molar-refractivity contribution in [1.29, 1.82) is 0 Å². The van der Waals surface area contributed by atoms with Gasteiger partial charge in [-0.2, -0.15) is 0 Å². The van der Waals surface area contributed by atoms with Crippen LogP contribution in [0.2, 0.25) is 0 Å². The number of benzene rings is 2. The van der Waals surface area contributed by atoms with Crippen LogP contribution in [0.3, 0.4) is 0 Å². The lowest BCUT2D eigenvalue weighted by molar-refractivity contribution is 0.0699. The van der Waals surface area contributed by atoms with Crippen molar-refractivity contribution in [3.05, 3.63) is 47.5 Å². The molecule has 0 radical (unpaired) electrons. The van der Waals surface area contributed by atoms with Crippen molar-refractivity contribution >= 4 is 16.7 Å². The predicted octanol–water partition coefficient (Wildman–Crippen LogP) is 5.44. The number of carboxylic acid groups (broad SMARTS) is 1. The number of unbranched alkanes of at least 4 members (excludes halogenated alkanes) is 5. The van der Waals surface area contributed by atoms with Crippen LogP contribution in [-0.4, -0.2) is 11.1 Å². The average molecular weight is 284 g/mol. The molecular weight excluding hydrogens is 260 g/mol. The lowest BCUT2D eigenvalue weighted by atomic mass is 9.99. The molecule has 0 amide bonds. The van der Waals surface area contributed by atoms with Crippen molar-refractivity contribution in [1.82, 2.24) is 0 Å². The minimum atomic E-state index is -0.857. The molecule has 0 aromatic heterocycles. The van der Waals surface area contributed by atoms with Crippen LogP contribution in [0.25, 0.3) is 10.8 Å². The number of hydrogen-bond donors (Lipinski definition) is 1. The molecule has 2 nitrogen and oxygen atoms in total. The highest BCUT2D eigenvalue weighted by atomic mass is 16.4. The van der Waals surface area contributed by atoms with Gasteiger partial charge < -0.3 is 5.11 Å². The first-order chi connectivity index (χ1) is 10.2. The van der Waals surface area contributed by atoms with Crippen LogP contribution < -0.4 is 0 Å². The first-order valence-electron chi connectivity index (χ1n) is 7.97. The smallest absolute Gasteiger partial charge is 0.336 e. The van der Waals surface area contributed by atoms with Crippen molar-refractivity contribution in [2.45, 2.75) is 51.9 Å². The molecule has 2 heteroatoms. The number of aromatic carboxylic acids is 1. The molecule has 0 fully saturated rings. The Morgan fingerprint density at radius 1 is 1.00 bits per heavy atom. The number of fused-ring (bicyclic) bond motifs is 1. The van der Waals surface area contributed by atoms with Gasteiger partial charge in [0.1, 0.15) is 0 Å². The molecule has 2 rings (SSSR count). The molecule has 0 saturated carbocycles. The van der Waals surface area contributed by atoms with E-state index in [0.717, 1.165) is 17.2 Å². The molecule has 0 unspecified atom stereocenters. The van der Waals surface area contributed by atoms with Crippen molar-refractivity contribution in [2.24, 2.45) is 0 Å². The molecule has 2 aromatic carbocycles. The summed E-state index contributed by atoms with van der Waals surface area (Å²) in [6.45, 7) is 2.24. The Kier molecular flexibility index (Phi) is 5.79. The summed E-state index contributed by atoms with van der Waals surface area (Å²) in [5, 5.41) is 11.1. The van der Waals surface area contributed by atoms with Crippen LogP contribution in [0, 0.1) is 0 Å². The van der Waals surface area contributed by atoms with Gasteiger partial charge in [0.25, 0.3) is 0 Å². The number of rotatable bonds is 8. The lowest BCUT2D eigenvalue weighted by Gasteiger charge is -2.06. The normalized spacial score (nSPS) is 10.9. The van der Waals surface area contributed by atoms with Crippen molar-refractivity contribution < 1.29 is 9.90 Å². The highest BCUT2D eigenvalue weighted by Crippen LogP contribution is 2.21. The van der Waals surface area contributed by atoms with Gasteiger partial charge in [0.2, 0.25) is 0 Å². The maximum atomic E-state index is 11.2. The summed E-state index contributed by atoms with van der Waals surface area (Å²) in [5.74, 6) is -0.857. The predicted molar refractivity (Wildman–Crippen MR) is 88.0 cm³/mol. The summed E-state index contributed by atoms with van der Waals surface area (Å²) in [5.41, 5.74) is 1.69. The summed E-state index contributed by atoms with van der Waals surface area (Å²) in [6.07, 6.45) is 8.88. The van der Waals surface area contributed by atoms with Crippen LogP contribution in [0.4, 0.5) is 0 Å². The van der Waals surface area contributed by atoms with E-state index in [4.69, 9.17) is 0 Å². The van der Waals surface area contributed by atoms with E-state index in [0.29, 0.717) is 5.56 Å². The van der Waals surface area contributed by atoms with Crippen LogP contribution >= 0.6 is 0 Å². The van der Waals surface area contributed by atoms with E-state index in [-0.39, 0.29) is 0 Å². The summed E-state index contributed by atoms with van der Waals surface area (Å²) < 4.78 is 0. The third kappa shape index (κ3) is 4.32. The number of aryl methyl sites for hydroxylation is 1. The molecule has 0 spiro atoms. The molecule has 0 heterocycles. The van der Waals surface area contributed by atoms with Crippen molar-refractivity contribution in [3.8, 4) is 0 Å². The van der Waals surface area contributed by atoms with Gasteiger partial charge in [-0.1, -0.05) is 69.4 Å². The van der Waals surface area contributed by atoms with Crippen LogP contribution in [0.5, 0.6) is 0 Å². The maximum absolute atomic E-state index is 11.2. The van der Waals surface area contributed by atoms with E-state index in [9.17, 15) is 9.90 Å². The third-order valence-corrected chi connectivity index (χ3v) is 3.99. The largest absolute Gasteiger partial charge is 0.478 e. The molecule has 2 aromatic rings. The van der Waals surface area contributed by atoms with Gasteiger partial charge in [-0.15, -0.1) is 0 Å². The van der Waals surface area contributed by atoms with Gasteiger partial charge in [0, 0.05) is 0 Å². The quantitative estimate of drug-likeness (QED) is 0.655. The van der Waals surface area contributed by atoms with Gasteiger partial charge >= 0.3 is 5.97 Å². The molecule has 1 N–H and O–H groups in total. The molecular formula is C19H24O2. The van der Waals surface area contributed by atoms with Crippen LogP contribution in [0.1, 0.15) is 61.4 Å². The van der Waals surface area contributed by atoms with Gasteiger partial charge in [0.05, 0.1) is 5.56 Å². The first-order valence-corrected chi connectivity index (χ1v) is 7.97. The monoisotopic (exact) mass is 284 g/mol. The Hall–Kier alpha value is -1.83. The lowest BCUT2D eigenvalue weighted by Crippen LogP contribution is -1.97. The zero-order valence-electron chi connectivity index (χ0n) is 12.8. The fourth-order valence-corrected chi connectivity index (χ4v) is 2.78. The first kappa shape index (κ1) is 15.6. The van der Waals surface area contributed by atoms with Gasteiger partial charge in [-0.05, 0) is 35.2 Å². The molecule has 0 aliphatic heterocycles. The zero-order valence-corrected chi connectivity index (χ0v) is 12.8. The topological polar surface area (TPSA) is 37.3 Å². The van der Waals surface area contributed by atoms with Crippen LogP contribution in [-0.2, 0) is 6.42 Å². The van der Waals surface area contributed by atoms with Crippen molar-refractivity contribution in [2.75, 3.05) is 0 Å². The molecule has 112 valence electrons. The maximum Gasteiger partial charge on any atom is 0.336 e. The Bertz CT molecular complexity index is 602. The van der Waals surface area contributed by atoms with Gasteiger partial charge in [-0.25, -0.2) is 4.79 Å². The second-order valence-corrected chi connectivity index (χ2v) is 5.68. The van der Waals surface area contributed by atoms with E-state index < -0.39 is 5.97 Å². The third-order valence-electron chi connectivity index (χ3n) is 3.99. The number of hydrogen-bond acceptors (Lipinski definition) is 1. The van der Waals surface area contributed by atoms with Gasteiger partial charge in [-0.3, -0.25) is 0 Å². The molecule has 0 saturated heterocycles. The Morgan fingerprint density at radius 3 is 2.52 bits per heavy atom. The SMILES string of the molecule is CCCCCCCCc1ccc2c(C(=O)O)cccc2c1. The fraction of sp³-hybridized carbons (Fsp3) is 0.421. The summed E-state index contributed by atoms with van der Waals surface area (Å²) in [4.78, 5) is 11.2. The van der Waals surface area contributed by atoms with Gasteiger partial charge in [0.15, 0.2) is 0 Å². The minimum Gasteiger partial charge on any atom is -0.478 e. The highest BCUT2D eigenvalue weighted by Gasteiger charge is 2.07. The molecule has 0 atom stereocenters. The zero-order chi connectivity index (χ0) is 15.1. The highest BCUT2D eigenvalue weighted by molar-refractivity contribution is 6.03. The van der Waals surface area contributed by atoms with Crippen molar-refractivity contribution in [3.63, 3.8) is 0 Å². The Labute approximate surface area is 126 Å². The molecule has 21 heavy (non-hydrogen) atoms. The standard InChI is InChI=1S/C19H24O2/c1-2-3-4-5-6-7-9-15-12-13-17-16(14-15)10-8-11-18(17)19(20)21/h8,10-14H,2-7,9H2,1H3,(H,20,21). The fourth-order valence-electron chi connectivity index (χ4n) is 2.78. The van der Waals surface area contributed by atoms with Crippen LogP contribution in [0.15, 0.2) is 36.4 Å². The summed E-state index contributed by atoms with van der Waals surface area (Å²) in [6, 6.07) is 11.6. The van der Waals surface area contributed by atoms with E-state index in [2.05, 4.69) is 19.1 Å². The van der Waals surface area contributed by atoms with E-state index in [1.54, 1.807) is 6.07 Å². The second-order valence-electron chi connectivity index (χ2n) is 5.68. The Balaban J connectivity index is 1.98. The molecule has 0 aliphatic carbocycles. The number of carboxylic acids is 1. The average Bonchev–Trinajstić information content (AvgIpc) is 2.49. The van der Waals surface area contributed by atoms with E-state index >= 15 is 0 Å². The van der Waals surface area contributed by atoms with E-state index in [1.165, 1.54) is 44.1 Å². The Morgan fingerprint density at radius 2 is 1.76 bits per heavy atom. The second kappa shape index (κ2) is 7.82. The summed E-state index contributed by atoms with van der Waals surface area (Å²) >= 11 is 0.